The maximum absolute atomic E-state index is 11.3. The van der Waals surface area contributed by atoms with Gasteiger partial charge in [-0.3, -0.25) is 30.3 Å². The summed E-state index contributed by atoms with van der Waals surface area (Å²) in [5.41, 5.74) is -1.64. The Hall–Kier alpha value is -3.63. The number of amidine groups is 1. The van der Waals surface area contributed by atoms with Crippen LogP contribution >= 0.6 is 0 Å². The third-order valence-corrected chi connectivity index (χ3v) is 3.38. The van der Waals surface area contributed by atoms with E-state index in [1.807, 2.05) is 0 Å². The number of rotatable bonds is 3. The molecule has 0 aliphatic carbocycles. The van der Waals surface area contributed by atoms with Gasteiger partial charge in [-0.05, 0) is 13.0 Å². The fourth-order valence-electron chi connectivity index (χ4n) is 2.54. The fourth-order valence-corrected chi connectivity index (χ4v) is 2.54. The van der Waals surface area contributed by atoms with Gasteiger partial charge < -0.3 is 5.32 Å². The number of benzene rings is 2. The number of aliphatic imine (C=N–C) groups is 1. The fraction of sp³-hybridized carbons (Fsp3) is 0.0833. The maximum Gasteiger partial charge on any atom is 0.302 e. The summed E-state index contributed by atoms with van der Waals surface area (Å²) in [5.74, 6) is 0.338. The molecule has 0 amide bonds. The van der Waals surface area contributed by atoms with Crippen LogP contribution in [0.5, 0.6) is 0 Å². The summed E-state index contributed by atoms with van der Waals surface area (Å²) in [6.45, 7) is 1.56. The molecule has 1 aliphatic rings. The Morgan fingerprint density at radius 1 is 0.913 bits per heavy atom. The largest absolute Gasteiger partial charge is 0.343 e. The van der Waals surface area contributed by atoms with Gasteiger partial charge in [0.1, 0.15) is 11.2 Å². The van der Waals surface area contributed by atoms with Crippen molar-refractivity contribution in [3.05, 3.63) is 48.5 Å². The van der Waals surface area contributed by atoms with E-state index < -0.39 is 31.8 Å². The molecule has 0 saturated heterocycles. The molecule has 2 aromatic rings. The van der Waals surface area contributed by atoms with Crippen molar-refractivity contribution in [3.8, 4) is 0 Å². The number of anilines is 1. The number of nitrogens with zero attached hydrogens (tertiary/aromatic N) is 4. The molecule has 0 aromatic heterocycles. The molecule has 1 N–H and O–H groups in total. The lowest BCUT2D eigenvalue weighted by Gasteiger charge is -2.16. The maximum atomic E-state index is 11.3. The van der Waals surface area contributed by atoms with Crippen molar-refractivity contribution in [1.29, 1.82) is 0 Å². The summed E-state index contributed by atoms with van der Waals surface area (Å²) in [4.78, 5) is 35.2. The molecule has 116 valence electrons. The highest BCUT2D eigenvalue weighted by atomic mass is 16.6. The topological polar surface area (TPSA) is 154 Å². The van der Waals surface area contributed by atoms with E-state index in [0.29, 0.717) is 17.6 Å². The van der Waals surface area contributed by atoms with Gasteiger partial charge >= 0.3 is 5.69 Å². The van der Waals surface area contributed by atoms with Gasteiger partial charge in [0.15, 0.2) is 5.69 Å². The van der Waals surface area contributed by atoms with Gasteiger partial charge in [0, 0.05) is 6.07 Å². The predicted octanol–water partition coefficient (Wildman–Crippen LogP) is 3.04. The van der Waals surface area contributed by atoms with Crippen molar-refractivity contribution in [3.63, 3.8) is 0 Å². The zero-order valence-electron chi connectivity index (χ0n) is 11.5. The van der Waals surface area contributed by atoms with Crippen LogP contribution in [0, 0.1) is 30.3 Å². The smallest absolute Gasteiger partial charge is 0.302 e. The van der Waals surface area contributed by atoms with E-state index in [1.165, 1.54) is 6.07 Å². The van der Waals surface area contributed by atoms with Crippen LogP contribution in [0.25, 0.3) is 10.8 Å². The molecule has 23 heavy (non-hydrogen) atoms. The van der Waals surface area contributed by atoms with Crippen LogP contribution < -0.4 is 5.32 Å². The van der Waals surface area contributed by atoms with Gasteiger partial charge in [0.05, 0.1) is 31.9 Å². The van der Waals surface area contributed by atoms with Crippen molar-refractivity contribution in [2.24, 2.45) is 4.99 Å². The molecule has 0 fully saturated rings. The van der Waals surface area contributed by atoms with Gasteiger partial charge in [0.2, 0.25) is 0 Å². The van der Waals surface area contributed by atoms with Crippen LogP contribution in [0.4, 0.5) is 28.4 Å². The molecular weight excluding hydrogens is 310 g/mol. The molecule has 11 heteroatoms. The Morgan fingerprint density at radius 2 is 1.52 bits per heavy atom. The first-order valence-electron chi connectivity index (χ1n) is 6.20. The minimum atomic E-state index is -0.881. The second-order valence-electron chi connectivity index (χ2n) is 4.74. The highest BCUT2D eigenvalue weighted by Gasteiger charge is 2.33. The quantitative estimate of drug-likeness (QED) is 0.673. The van der Waals surface area contributed by atoms with Crippen molar-refractivity contribution < 1.29 is 14.8 Å². The lowest BCUT2D eigenvalue weighted by Crippen LogP contribution is -2.12. The van der Waals surface area contributed by atoms with Crippen LogP contribution in [-0.4, -0.2) is 20.6 Å². The number of hydrogen-bond acceptors (Lipinski definition) is 8. The molecule has 0 radical (unpaired) electrons. The van der Waals surface area contributed by atoms with Crippen LogP contribution in [-0.2, 0) is 0 Å². The number of non-ortho nitro benzene ring substituents is 2. The van der Waals surface area contributed by atoms with Crippen LogP contribution in [0.2, 0.25) is 0 Å². The summed E-state index contributed by atoms with van der Waals surface area (Å²) in [7, 11) is 0. The van der Waals surface area contributed by atoms with Crippen molar-refractivity contribution >= 4 is 45.0 Å². The second-order valence-corrected chi connectivity index (χ2v) is 4.74. The van der Waals surface area contributed by atoms with E-state index >= 15 is 0 Å². The molecule has 0 saturated carbocycles. The summed E-state index contributed by atoms with van der Waals surface area (Å²) in [6, 6.07) is 3.16. The first kappa shape index (κ1) is 14.3. The second kappa shape index (κ2) is 4.69. The highest BCUT2D eigenvalue weighted by molar-refractivity contribution is 6.19. The summed E-state index contributed by atoms with van der Waals surface area (Å²) >= 11 is 0. The van der Waals surface area contributed by atoms with Crippen LogP contribution in [0.3, 0.4) is 0 Å². The lowest BCUT2D eigenvalue weighted by molar-refractivity contribution is -0.395. The molecule has 1 aliphatic heterocycles. The van der Waals surface area contributed by atoms with Gasteiger partial charge in [-0.15, -0.1) is 0 Å². The first-order chi connectivity index (χ1) is 10.8. The van der Waals surface area contributed by atoms with Gasteiger partial charge in [-0.1, -0.05) is 0 Å². The minimum Gasteiger partial charge on any atom is -0.343 e. The van der Waals surface area contributed by atoms with Crippen molar-refractivity contribution in [2.45, 2.75) is 6.92 Å². The van der Waals surface area contributed by atoms with Crippen molar-refractivity contribution in [1.82, 2.24) is 0 Å². The third-order valence-electron chi connectivity index (χ3n) is 3.38. The van der Waals surface area contributed by atoms with Crippen LogP contribution in [0.15, 0.2) is 23.2 Å². The summed E-state index contributed by atoms with van der Waals surface area (Å²) < 4.78 is 0. The Bertz CT molecular complexity index is 951. The zero-order valence-corrected chi connectivity index (χ0v) is 11.5. The van der Waals surface area contributed by atoms with Gasteiger partial charge in [-0.25, -0.2) is 4.99 Å². The number of nitrogens with one attached hydrogen (secondary N) is 1. The van der Waals surface area contributed by atoms with Gasteiger partial charge in [0.25, 0.3) is 11.4 Å². The average Bonchev–Trinajstić information content (AvgIpc) is 2.46. The standard InChI is InChI=1S/C12H7N5O6/c1-5-13-6-2-3-7(15(18)19)11-8(16(20)21)4-9(17(22)23)12(14-5)10(6)11/h2-4H,1H3,(H,13,14). The average molecular weight is 317 g/mol. The Morgan fingerprint density at radius 3 is 2.09 bits per heavy atom. The highest BCUT2D eigenvalue weighted by Crippen LogP contribution is 2.49. The van der Waals surface area contributed by atoms with Crippen molar-refractivity contribution in [2.75, 3.05) is 5.32 Å². The minimum absolute atomic E-state index is 0.00861. The predicted molar refractivity (Wildman–Crippen MR) is 80.3 cm³/mol. The van der Waals surface area contributed by atoms with E-state index in [0.717, 1.165) is 6.07 Å². The Kier molecular flexibility index (Phi) is 2.92. The van der Waals surface area contributed by atoms with E-state index in [-0.39, 0.29) is 16.5 Å². The van der Waals surface area contributed by atoms with E-state index in [2.05, 4.69) is 10.3 Å². The van der Waals surface area contributed by atoms with Gasteiger partial charge in [-0.2, -0.15) is 0 Å². The van der Waals surface area contributed by atoms with E-state index in [4.69, 9.17) is 0 Å². The molecule has 0 bridgehead atoms. The molecule has 3 rings (SSSR count). The number of hydrogen-bond donors (Lipinski definition) is 1. The summed E-state index contributed by atoms with van der Waals surface area (Å²) in [6.07, 6.45) is 0. The van der Waals surface area contributed by atoms with E-state index in [1.54, 1.807) is 6.92 Å². The normalized spacial score (nSPS) is 12.5. The molecule has 0 atom stereocenters. The molecule has 0 spiro atoms. The molecule has 2 aromatic carbocycles. The third kappa shape index (κ3) is 2.02. The monoisotopic (exact) mass is 317 g/mol. The molecule has 1 heterocycles. The molecule has 0 unspecified atom stereocenters. The number of nitro benzene ring substituents is 3. The first-order valence-corrected chi connectivity index (χ1v) is 6.20. The van der Waals surface area contributed by atoms with E-state index in [9.17, 15) is 30.3 Å². The number of nitro groups is 3. The summed E-state index contributed by atoms with van der Waals surface area (Å²) in [5, 5.41) is 36.2. The molecule has 11 nitrogen and oxygen atoms in total. The molecular formula is C12H7N5O6. The lowest BCUT2D eigenvalue weighted by atomic mass is 10.0. The Balaban J connectivity index is 2.62. The zero-order chi connectivity index (χ0) is 16.9. The Labute approximate surface area is 126 Å². The SMILES string of the molecule is CC1=Nc2c([N+](=O)[O-])cc([N+](=O)[O-])c3c([N+](=O)[O-])ccc(c23)N1. The van der Waals surface area contributed by atoms with Crippen LogP contribution in [0.1, 0.15) is 6.92 Å².